The Labute approximate surface area is 79.4 Å². The average Bonchev–Trinajstić information content (AvgIpc) is 2.86. The van der Waals surface area contributed by atoms with E-state index in [0.29, 0.717) is 6.61 Å². The number of hydrogen-bond donors (Lipinski definition) is 1. The van der Waals surface area contributed by atoms with Gasteiger partial charge in [0, 0.05) is 6.61 Å². The average molecular weight is 176 g/mol. The second-order valence-electron chi connectivity index (χ2n) is 3.96. The molecule has 0 aliphatic heterocycles. The maximum Gasteiger partial charge on any atom is 0.0433 e. The molecule has 1 aromatic rings. The van der Waals surface area contributed by atoms with Gasteiger partial charge in [0.05, 0.1) is 0 Å². The summed E-state index contributed by atoms with van der Waals surface area (Å²) in [6.07, 6.45) is 3.51. The lowest BCUT2D eigenvalue weighted by Gasteiger charge is -1.99. The normalized spacial score (nSPS) is 25.9. The van der Waals surface area contributed by atoms with Crippen LogP contribution in [-0.4, -0.2) is 11.7 Å². The third-order valence-electron chi connectivity index (χ3n) is 2.91. The Bertz CT molecular complexity index is 255. The molecule has 0 saturated heterocycles. The predicted octanol–water partition coefficient (Wildman–Crippen LogP) is 2.25. The smallest absolute Gasteiger partial charge is 0.0433 e. The third-order valence-corrected chi connectivity index (χ3v) is 2.91. The van der Waals surface area contributed by atoms with E-state index in [1.165, 1.54) is 18.4 Å². The standard InChI is InChI=1S/C12H16O/c13-7-6-11-9-12(11)8-10-4-2-1-3-5-10/h1-5,11-13H,6-9H2/t11-,12-/m1/s1. The van der Waals surface area contributed by atoms with Gasteiger partial charge in [-0.25, -0.2) is 0 Å². The van der Waals surface area contributed by atoms with E-state index in [2.05, 4.69) is 30.3 Å². The number of benzene rings is 1. The summed E-state index contributed by atoms with van der Waals surface area (Å²) in [5, 5.41) is 8.76. The highest BCUT2D eigenvalue weighted by molar-refractivity contribution is 5.16. The van der Waals surface area contributed by atoms with Crippen molar-refractivity contribution in [2.45, 2.75) is 19.3 Å². The van der Waals surface area contributed by atoms with Gasteiger partial charge in [0.1, 0.15) is 0 Å². The highest BCUT2D eigenvalue weighted by Gasteiger charge is 2.35. The molecule has 0 heterocycles. The molecule has 1 fully saturated rings. The molecule has 1 aliphatic rings. The first-order valence-corrected chi connectivity index (χ1v) is 5.05. The number of hydrogen-bond acceptors (Lipinski definition) is 1. The Hall–Kier alpha value is -0.820. The summed E-state index contributed by atoms with van der Waals surface area (Å²) in [6, 6.07) is 10.6. The zero-order valence-electron chi connectivity index (χ0n) is 7.82. The van der Waals surface area contributed by atoms with E-state index < -0.39 is 0 Å². The van der Waals surface area contributed by atoms with Crippen molar-refractivity contribution in [1.82, 2.24) is 0 Å². The first-order valence-electron chi connectivity index (χ1n) is 5.05. The summed E-state index contributed by atoms with van der Waals surface area (Å²) in [5.74, 6) is 1.64. The molecule has 0 amide bonds. The molecule has 2 atom stereocenters. The lowest BCUT2D eigenvalue weighted by Crippen LogP contribution is -1.91. The van der Waals surface area contributed by atoms with Crippen LogP contribution in [0.2, 0.25) is 0 Å². The van der Waals surface area contributed by atoms with Crippen LogP contribution in [0.25, 0.3) is 0 Å². The van der Waals surface area contributed by atoms with Crippen molar-refractivity contribution >= 4 is 0 Å². The fourth-order valence-corrected chi connectivity index (χ4v) is 2.00. The van der Waals surface area contributed by atoms with Crippen molar-refractivity contribution in [2.75, 3.05) is 6.61 Å². The van der Waals surface area contributed by atoms with Crippen molar-refractivity contribution in [2.24, 2.45) is 11.8 Å². The Morgan fingerprint density at radius 3 is 2.62 bits per heavy atom. The Morgan fingerprint density at radius 1 is 1.15 bits per heavy atom. The molecule has 70 valence electrons. The van der Waals surface area contributed by atoms with Gasteiger partial charge in [-0.15, -0.1) is 0 Å². The zero-order chi connectivity index (χ0) is 9.10. The van der Waals surface area contributed by atoms with Crippen molar-refractivity contribution < 1.29 is 5.11 Å². The van der Waals surface area contributed by atoms with Crippen LogP contribution in [0.1, 0.15) is 18.4 Å². The molecule has 0 spiro atoms. The molecule has 1 saturated carbocycles. The quantitative estimate of drug-likeness (QED) is 0.746. The maximum absolute atomic E-state index is 8.76. The van der Waals surface area contributed by atoms with E-state index in [4.69, 9.17) is 5.11 Å². The molecule has 0 radical (unpaired) electrons. The highest BCUT2D eigenvalue weighted by Crippen LogP contribution is 2.43. The molecular weight excluding hydrogens is 160 g/mol. The minimum absolute atomic E-state index is 0.357. The number of rotatable bonds is 4. The molecular formula is C12H16O. The van der Waals surface area contributed by atoms with Crippen LogP contribution >= 0.6 is 0 Å². The van der Waals surface area contributed by atoms with Crippen LogP contribution in [0.4, 0.5) is 0 Å². The van der Waals surface area contributed by atoms with Crippen LogP contribution < -0.4 is 0 Å². The minimum Gasteiger partial charge on any atom is -0.396 e. The fraction of sp³-hybridized carbons (Fsp3) is 0.500. The van der Waals surface area contributed by atoms with Crippen LogP contribution in [0.15, 0.2) is 30.3 Å². The molecule has 2 rings (SSSR count). The third kappa shape index (κ3) is 2.31. The summed E-state index contributed by atoms with van der Waals surface area (Å²) in [4.78, 5) is 0. The van der Waals surface area contributed by atoms with Crippen LogP contribution in [0, 0.1) is 11.8 Å². The second-order valence-corrected chi connectivity index (χ2v) is 3.96. The highest BCUT2D eigenvalue weighted by atomic mass is 16.3. The lowest BCUT2D eigenvalue weighted by atomic mass is 10.1. The van der Waals surface area contributed by atoms with E-state index in [1.807, 2.05) is 0 Å². The van der Waals surface area contributed by atoms with E-state index in [0.717, 1.165) is 18.3 Å². The van der Waals surface area contributed by atoms with E-state index in [-0.39, 0.29) is 0 Å². The van der Waals surface area contributed by atoms with Gasteiger partial charge < -0.3 is 5.11 Å². The van der Waals surface area contributed by atoms with E-state index in [1.54, 1.807) is 0 Å². The van der Waals surface area contributed by atoms with E-state index >= 15 is 0 Å². The van der Waals surface area contributed by atoms with Gasteiger partial charge in [-0.1, -0.05) is 30.3 Å². The van der Waals surface area contributed by atoms with Gasteiger partial charge >= 0.3 is 0 Å². The van der Waals surface area contributed by atoms with Crippen molar-refractivity contribution in [3.05, 3.63) is 35.9 Å². The molecule has 0 aromatic heterocycles. The molecule has 13 heavy (non-hydrogen) atoms. The van der Waals surface area contributed by atoms with Gasteiger partial charge in [0.2, 0.25) is 0 Å². The van der Waals surface area contributed by atoms with Crippen molar-refractivity contribution in [1.29, 1.82) is 0 Å². The fourth-order valence-electron chi connectivity index (χ4n) is 2.00. The monoisotopic (exact) mass is 176 g/mol. The molecule has 0 unspecified atom stereocenters. The summed E-state index contributed by atoms with van der Waals surface area (Å²) >= 11 is 0. The number of aliphatic hydroxyl groups excluding tert-OH is 1. The summed E-state index contributed by atoms with van der Waals surface area (Å²) in [6.45, 7) is 0.357. The van der Waals surface area contributed by atoms with E-state index in [9.17, 15) is 0 Å². The molecule has 0 bridgehead atoms. The minimum atomic E-state index is 0.357. The topological polar surface area (TPSA) is 20.2 Å². The largest absolute Gasteiger partial charge is 0.396 e. The van der Waals surface area contributed by atoms with Crippen LogP contribution in [-0.2, 0) is 6.42 Å². The Kier molecular flexibility index (Phi) is 2.65. The summed E-state index contributed by atoms with van der Waals surface area (Å²) in [5.41, 5.74) is 1.44. The van der Waals surface area contributed by atoms with Crippen LogP contribution in [0.5, 0.6) is 0 Å². The van der Waals surface area contributed by atoms with Gasteiger partial charge in [0.25, 0.3) is 0 Å². The zero-order valence-corrected chi connectivity index (χ0v) is 7.82. The Morgan fingerprint density at radius 2 is 1.92 bits per heavy atom. The first-order chi connectivity index (χ1) is 6.40. The summed E-state index contributed by atoms with van der Waals surface area (Å²) < 4.78 is 0. The molecule has 1 heteroatoms. The van der Waals surface area contributed by atoms with Gasteiger partial charge in [-0.05, 0) is 36.7 Å². The maximum atomic E-state index is 8.76. The van der Waals surface area contributed by atoms with Crippen molar-refractivity contribution in [3.63, 3.8) is 0 Å². The second kappa shape index (κ2) is 3.93. The Balaban J connectivity index is 1.81. The predicted molar refractivity (Wildman–Crippen MR) is 53.4 cm³/mol. The summed E-state index contributed by atoms with van der Waals surface area (Å²) in [7, 11) is 0. The molecule has 1 nitrogen and oxygen atoms in total. The van der Waals surface area contributed by atoms with Gasteiger partial charge in [0.15, 0.2) is 0 Å². The molecule has 1 N–H and O–H groups in total. The molecule has 1 aromatic carbocycles. The van der Waals surface area contributed by atoms with Crippen LogP contribution in [0.3, 0.4) is 0 Å². The molecule has 1 aliphatic carbocycles. The first kappa shape index (κ1) is 8.76. The SMILES string of the molecule is OCC[C@@H]1C[C@H]1Cc1ccccc1. The number of aliphatic hydroxyl groups is 1. The van der Waals surface area contributed by atoms with Gasteiger partial charge in [-0.2, -0.15) is 0 Å². The lowest BCUT2D eigenvalue weighted by molar-refractivity contribution is 0.277. The van der Waals surface area contributed by atoms with Gasteiger partial charge in [-0.3, -0.25) is 0 Å². The van der Waals surface area contributed by atoms with Crippen molar-refractivity contribution in [3.8, 4) is 0 Å².